The van der Waals surface area contributed by atoms with Gasteiger partial charge in [-0.05, 0) is 0 Å². The average Bonchev–Trinajstić information content (AvgIpc) is 3.25. The van der Waals surface area contributed by atoms with Gasteiger partial charge < -0.3 is 78.6 Å². The third-order valence-electron chi connectivity index (χ3n) is 3.80. The van der Waals surface area contributed by atoms with Crippen LogP contribution in [0.15, 0.2) is 37.4 Å². The molecule has 0 aliphatic heterocycles. The molecule has 2 rings (SSSR count). The van der Waals surface area contributed by atoms with Gasteiger partial charge >= 0.3 is 19.5 Å². The molecular formula is C10H24N4O16P4Zn+2. The quantitative estimate of drug-likeness (QED) is 0.0572. The van der Waals surface area contributed by atoms with Gasteiger partial charge in [0.1, 0.15) is 37.9 Å². The molecule has 0 saturated heterocycles. The van der Waals surface area contributed by atoms with Crippen molar-refractivity contribution in [1.82, 2.24) is 9.97 Å². The van der Waals surface area contributed by atoms with Crippen LogP contribution < -0.4 is 28.7 Å². The van der Waals surface area contributed by atoms with Crippen molar-refractivity contribution in [2.24, 2.45) is 0 Å². The van der Waals surface area contributed by atoms with Gasteiger partial charge in [-0.15, -0.1) is 0 Å². The van der Waals surface area contributed by atoms with E-state index in [1.165, 1.54) is 24.8 Å². The van der Waals surface area contributed by atoms with Gasteiger partial charge in [0.15, 0.2) is 30.4 Å². The summed E-state index contributed by atoms with van der Waals surface area (Å²) in [5, 5.41) is 11.4. The van der Waals surface area contributed by atoms with E-state index in [2.05, 4.69) is 9.97 Å². The molecule has 0 aliphatic carbocycles. The van der Waals surface area contributed by atoms with Gasteiger partial charge in [0, 0.05) is 0 Å². The molecule has 0 saturated carbocycles. The van der Waals surface area contributed by atoms with Crippen LogP contribution >= 0.6 is 30.4 Å². The Morgan fingerprint density at radius 2 is 0.886 bits per heavy atom. The first-order valence-electron chi connectivity index (χ1n) is 7.80. The maximum atomic E-state index is 10.8. The topological polar surface area (TPSA) is 387 Å². The molecule has 25 heteroatoms. The minimum Gasteiger partial charge on any atom is -0.776 e. The number of nitrogens with zero attached hydrogens (tertiary/aromatic N) is 2. The molecule has 4 unspecified atom stereocenters. The van der Waals surface area contributed by atoms with E-state index in [9.17, 15) is 48.0 Å². The van der Waals surface area contributed by atoms with Gasteiger partial charge in [-0.3, -0.25) is 9.97 Å². The Balaban J connectivity index is -0.000000539. The molecule has 0 aliphatic rings. The first-order chi connectivity index (χ1) is 14.2. The normalized spacial score (nSPS) is 21.1. The van der Waals surface area contributed by atoms with E-state index < -0.39 is 53.6 Å². The van der Waals surface area contributed by atoms with Crippen LogP contribution in [0.1, 0.15) is 0 Å². The molecule has 200 valence electrons. The summed E-state index contributed by atoms with van der Waals surface area (Å²) in [4.78, 5) is 82.8. The number of hydrogen-bond acceptors (Lipinski definition) is 10. The molecule has 0 radical (unpaired) electrons. The number of nitrogens with one attached hydrogen (secondary N) is 2. The fourth-order valence-corrected chi connectivity index (χ4v) is 5.93. The number of imidazole rings is 2. The second-order valence-corrected chi connectivity index (χ2v) is 14.0. The van der Waals surface area contributed by atoms with E-state index in [1.807, 2.05) is 0 Å². The Hall–Kier alpha value is -0.517. The van der Waals surface area contributed by atoms with E-state index in [0.717, 1.165) is 21.8 Å². The summed E-state index contributed by atoms with van der Waals surface area (Å²) in [5.41, 5.74) is 0. The maximum absolute atomic E-state index is 10.8. The van der Waals surface area contributed by atoms with Crippen LogP contribution in [0, 0.1) is 0 Å². The van der Waals surface area contributed by atoms with Gasteiger partial charge in [-0.2, -0.15) is 0 Å². The molecule has 2 heterocycles. The number of hydrogen-bond donors (Lipinski definition) is 8. The Bertz CT molecular complexity index is 942. The van der Waals surface area contributed by atoms with Crippen LogP contribution in [0.3, 0.4) is 0 Å². The van der Waals surface area contributed by atoms with Crippen LogP contribution in [-0.4, -0.2) is 49.9 Å². The molecule has 0 amide bonds. The van der Waals surface area contributed by atoms with Crippen LogP contribution in [0.5, 0.6) is 0 Å². The summed E-state index contributed by atoms with van der Waals surface area (Å²) in [6.45, 7) is -2.10. The molecule has 20 nitrogen and oxygen atoms in total. The number of rotatable bonds is 8. The first-order valence-corrected chi connectivity index (χ1v) is 14.1. The Labute approximate surface area is 208 Å². The minimum absolute atomic E-state index is 0. The molecule has 0 fully saturated rings. The smallest absolute Gasteiger partial charge is 0.776 e. The molecule has 14 N–H and O–H groups in total. The second kappa shape index (κ2) is 13.3. The molecule has 0 spiro atoms. The fraction of sp³-hybridized carbons (Fsp3) is 0.400. The Morgan fingerprint density at radius 3 is 1.03 bits per heavy atom. The summed E-state index contributed by atoms with van der Waals surface area (Å²) >= 11 is 0. The number of aliphatic hydroxyl groups is 2. The molecule has 2 aromatic rings. The largest absolute Gasteiger partial charge is 2.00 e. The summed E-state index contributed by atoms with van der Waals surface area (Å²) in [5.74, 6) is 0. The predicted octanol–water partition coefficient (Wildman–Crippen LogP) is -7.77. The van der Waals surface area contributed by atoms with E-state index in [0.29, 0.717) is 0 Å². The van der Waals surface area contributed by atoms with Crippen molar-refractivity contribution in [2.45, 2.75) is 23.3 Å². The zero-order chi connectivity index (χ0) is 25.2. The van der Waals surface area contributed by atoms with Crippen LogP contribution in [0.2, 0.25) is 0 Å². The van der Waals surface area contributed by atoms with Gasteiger partial charge in [-0.1, -0.05) is 0 Å². The molecule has 0 bridgehead atoms. The van der Waals surface area contributed by atoms with Crippen molar-refractivity contribution >= 4 is 30.4 Å². The van der Waals surface area contributed by atoms with Crippen molar-refractivity contribution in [3.05, 3.63) is 37.4 Å². The maximum Gasteiger partial charge on any atom is 2.00 e. The predicted molar refractivity (Wildman–Crippen MR) is 101 cm³/mol. The van der Waals surface area contributed by atoms with Crippen molar-refractivity contribution in [2.75, 3.05) is 0 Å². The third kappa shape index (κ3) is 9.38. The molecule has 0 aromatic carbocycles. The zero-order valence-corrected chi connectivity index (χ0v) is 23.9. The molecular weight excluding hydrogens is 621 g/mol. The van der Waals surface area contributed by atoms with Gasteiger partial charge in [0.25, 0.3) is 0 Å². The Kier molecular flexibility index (Phi) is 14.9. The number of H-pyrrole nitrogens is 2. The van der Waals surface area contributed by atoms with Gasteiger partial charge in [0.05, 0.1) is 0 Å². The van der Waals surface area contributed by atoms with Crippen molar-refractivity contribution in [1.29, 1.82) is 0 Å². The SMILES string of the molecule is O=P([O-])(O)C(O)(C[n+]1cc[nH]c1)P(=O)([O-])O.O=P([O-])(O)C(O)(C[n+]1cc[nH]c1)P(=O)([O-])O.[OH3+].[OH3+].[Zn+2]. The van der Waals surface area contributed by atoms with Gasteiger partial charge in [-0.25, -0.2) is 9.13 Å². The minimum atomic E-state index is -5.71. The van der Waals surface area contributed by atoms with E-state index >= 15 is 0 Å². The standard InChI is InChI=1S/2C5H10N2O7P2.2H2O.Zn/c2*8-5(15(9,10)11,16(12,13)14)3-7-2-1-6-4-7;;;/h2*1-2,4,8H,3H2,(H4,9,10,11,12,13,14);2*1H2;/q;;;;+2. The van der Waals surface area contributed by atoms with Crippen LogP contribution in [0.25, 0.3) is 0 Å². The van der Waals surface area contributed by atoms with Gasteiger partial charge in [0.2, 0.25) is 22.8 Å². The van der Waals surface area contributed by atoms with Crippen molar-refractivity contribution < 1.29 is 107 Å². The van der Waals surface area contributed by atoms with Crippen LogP contribution in [0.4, 0.5) is 0 Å². The number of aromatic amines is 2. The zero-order valence-electron chi connectivity index (χ0n) is 17.4. The Morgan fingerprint density at radius 1 is 0.657 bits per heavy atom. The third-order valence-corrected chi connectivity index (χ3v) is 11.0. The van der Waals surface area contributed by atoms with E-state index in [1.54, 1.807) is 0 Å². The summed E-state index contributed by atoms with van der Waals surface area (Å²) in [6, 6.07) is 0. The fourth-order valence-electron chi connectivity index (χ4n) is 2.00. The van der Waals surface area contributed by atoms with Crippen LogP contribution in [-0.2, 0) is 61.8 Å². The molecule has 4 atom stereocenters. The summed E-state index contributed by atoms with van der Waals surface area (Å²) in [6.07, 6.45) is 7.32. The second-order valence-electron chi connectivity index (χ2n) is 6.20. The van der Waals surface area contributed by atoms with Crippen molar-refractivity contribution in [3.63, 3.8) is 0 Å². The first kappa shape index (κ1) is 39.0. The van der Waals surface area contributed by atoms with Crippen molar-refractivity contribution in [3.8, 4) is 0 Å². The molecule has 2 aromatic heterocycles. The monoisotopic (exact) mass is 644 g/mol. The van der Waals surface area contributed by atoms with E-state index in [-0.39, 0.29) is 30.4 Å². The molecule has 35 heavy (non-hydrogen) atoms. The average molecular weight is 646 g/mol. The summed E-state index contributed by atoms with van der Waals surface area (Å²) in [7, 11) is -22.8. The number of aromatic nitrogens is 4. The summed E-state index contributed by atoms with van der Waals surface area (Å²) < 4.78 is 45.1. The van der Waals surface area contributed by atoms with E-state index in [4.69, 9.17) is 19.6 Å².